The molecule has 4 aromatic rings. The second-order valence-electron chi connectivity index (χ2n) is 8.04. The maximum atomic E-state index is 13.3. The number of rotatable bonds is 6. The van der Waals surface area contributed by atoms with Gasteiger partial charge >= 0.3 is 0 Å². The number of carbonyl (C=O) groups is 1. The van der Waals surface area contributed by atoms with Crippen molar-refractivity contribution in [2.75, 3.05) is 13.1 Å². The number of hydrogen-bond donors (Lipinski definition) is 1. The SMILES string of the molecule is O=C(c1cccc(S(=O)(=O)NCc2cccs2)c1)N1CCCC(c2nc3ccccc3s2)C1. The van der Waals surface area contributed by atoms with E-state index in [-0.39, 0.29) is 23.3 Å². The van der Waals surface area contributed by atoms with Crippen molar-refractivity contribution < 1.29 is 13.2 Å². The van der Waals surface area contributed by atoms with E-state index >= 15 is 0 Å². The topological polar surface area (TPSA) is 79.4 Å². The molecule has 2 aromatic heterocycles. The van der Waals surface area contributed by atoms with Gasteiger partial charge in [0.25, 0.3) is 5.91 Å². The molecule has 6 nitrogen and oxygen atoms in total. The molecule has 0 radical (unpaired) electrons. The van der Waals surface area contributed by atoms with Gasteiger partial charge in [-0.25, -0.2) is 18.1 Å². The summed E-state index contributed by atoms with van der Waals surface area (Å²) in [6, 6.07) is 18.1. The van der Waals surface area contributed by atoms with E-state index in [4.69, 9.17) is 4.98 Å². The lowest BCUT2D eigenvalue weighted by Gasteiger charge is -2.32. The van der Waals surface area contributed by atoms with Crippen molar-refractivity contribution in [2.24, 2.45) is 0 Å². The minimum Gasteiger partial charge on any atom is -0.338 e. The van der Waals surface area contributed by atoms with Gasteiger partial charge in [0.05, 0.1) is 20.1 Å². The predicted octanol–water partition coefficient (Wildman–Crippen LogP) is 4.86. The van der Waals surface area contributed by atoms with Crippen molar-refractivity contribution in [3.63, 3.8) is 0 Å². The molecule has 1 unspecified atom stereocenters. The van der Waals surface area contributed by atoms with Crippen molar-refractivity contribution in [3.8, 4) is 0 Å². The fourth-order valence-corrected chi connectivity index (χ4v) is 6.95. The second-order valence-corrected chi connectivity index (χ2v) is 11.9. The lowest BCUT2D eigenvalue weighted by atomic mass is 9.98. The molecule has 0 spiro atoms. The molecule has 170 valence electrons. The quantitative estimate of drug-likeness (QED) is 0.413. The van der Waals surface area contributed by atoms with Crippen molar-refractivity contribution in [3.05, 3.63) is 81.5 Å². The molecule has 5 rings (SSSR count). The van der Waals surface area contributed by atoms with Crippen LogP contribution >= 0.6 is 22.7 Å². The molecular formula is C24H23N3O3S3. The fraction of sp³-hybridized carbons (Fsp3) is 0.250. The molecule has 3 heterocycles. The maximum absolute atomic E-state index is 13.3. The van der Waals surface area contributed by atoms with Crippen LogP contribution in [0, 0.1) is 0 Å². The van der Waals surface area contributed by atoms with Crippen LogP contribution in [0.4, 0.5) is 0 Å². The smallest absolute Gasteiger partial charge is 0.253 e. The number of carbonyl (C=O) groups excluding carboxylic acids is 1. The van der Waals surface area contributed by atoms with Gasteiger partial charge in [0, 0.05) is 36.0 Å². The first-order valence-electron chi connectivity index (χ1n) is 10.8. The molecule has 1 atom stereocenters. The number of fused-ring (bicyclic) bond motifs is 1. The van der Waals surface area contributed by atoms with Crippen molar-refractivity contribution in [1.82, 2.24) is 14.6 Å². The number of benzene rings is 2. The summed E-state index contributed by atoms with van der Waals surface area (Å²) >= 11 is 3.18. The lowest BCUT2D eigenvalue weighted by molar-refractivity contribution is 0.0707. The molecule has 1 aliphatic rings. The molecule has 33 heavy (non-hydrogen) atoms. The highest BCUT2D eigenvalue weighted by molar-refractivity contribution is 7.89. The first-order valence-corrected chi connectivity index (χ1v) is 13.9. The zero-order chi connectivity index (χ0) is 22.8. The van der Waals surface area contributed by atoms with Crippen LogP contribution < -0.4 is 4.72 Å². The Labute approximate surface area is 201 Å². The zero-order valence-corrected chi connectivity index (χ0v) is 20.3. The number of para-hydroxylation sites is 1. The monoisotopic (exact) mass is 497 g/mol. The van der Waals surface area contributed by atoms with E-state index in [1.54, 1.807) is 23.5 Å². The van der Waals surface area contributed by atoms with Gasteiger partial charge in [-0.15, -0.1) is 22.7 Å². The number of piperidine rings is 1. The highest BCUT2D eigenvalue weighted by Gasteiger charge is 2.28. The number of nitrogens with one attached hydrogen (secondary N) is 1. The van der Waals surface area contributed by atoms with E-state index in [0.29, 0.717) is 18.7 Å². The first kappa shape index (κ1) is 22.2. The van der Waals surface area contributed by atoms with Gasteiger partial charge in [0.2, 0.25) is 10.0 Å². The molecule has 1 saturated heterocycles. The van der Waals surface area contributed by atoms with E-state index in [9.17, 15) is 13.2 Å². The number of hydrogen-bond acceptors (Lipinski definition) is 6. The Morgan fingerprint density at radius 2 is 2.00 bits per heavy atom. The Balaban J connectivity index is 1.31. The van der Waals surface area contributed by atoms with Crippen molar-refractivity contribution >= 4 is 48.8 Å². The van der Waals surface area contributed by atoms with Crippen LogP contribution in [0.3, 0.4) is 0 Å². The van der Waals surface area contributed by atoms with E-state index in [1.165, 1.54) is 23.5 Å². The summed E-state index contributed by atoms with van der Waals surface area (Å²) in [7, 11) is -3.71. The van der Waals surface area contributed by atoms with Crippen LogP contribution in [0.1, 0.15) is 39.0 Å². The highest BCUT2D eigenvalue weighted by Crippen LogP contribution is 2.33. The van der Waals surface area contributed by atoms with E-state index in [1.807, 2.05) is 40.6 Å². The van der Waals surface area contributed by atoms with Crippen molar-refractivity contribution in [2.45, 2.75) is 30.2 Å². The number of sulfonamides is 1. The van der Waals surface area contributed by atoms with Gasteiger partial charge in [0.15, 0.2) is 0 Å². The predicted molar refractivity (Wildman–Crippen MR) is 132 cm³/mol. The molecule has 2 aromatic carbocycles. The highest BCUT2D eigenvalue weighted by atomic mass is 32.2. The van der Waals surface area contributed by atoms with E-state index in [2.05, 4.69) is 10.8 Å². The maximum Gasteiger partial charge on any atom is 0.253 e. The Morgan fingerprint density at radius 3 is 2.82 bits per heavy atom. The summed E-state index contributed by atoms with van der Waals surface area (Å²) in [6.45, 7) is 1.48. The van der Waals surface area contributed by atoms with Crippen LogP contribution in [-0.2, 0) is 16.6 Å². The summed E-state index contributed by atoms with van der Waals surface area (Å²) in [5, 5.41) is 2.96. The van der Waals surface area contributed by atoms with Crippen LogP contribution in [0.5, 0.6) is 0 Å². The van der Waals surface area contributed by atoms with Gasteiger partial charge in [-0.1, -0.05) is 24.3 Å². The normalized spacial score (nSPS) is 16.8. The molecule has 1 amide bonds. The third kappa shape index (κ3) is 4.86. The van der Waals surface area contributed by atoms with Gasteiger partial charge in [-0.3, -0.25) is 4.79 Å². The second kappa shape index (κ2) is 9.34. The van der Waals surface area contributed by atoms with Crippen LogP contribution in [-0.4, -0.2) is 37.3 Å². The van der Waals surface area contributed by atoms with Gasteiger partial charge < -0.3 is 4.90 Å². The number of thiophene rings is 1. The Hall–Kier alpha value is -2.59. The third-order valence-electron chi connectivity index (χ3n) is 5.78. The van der Waals surface area contributed by atoms with Crippen molar-refractivity contribution in [1.29, 1.82) is 0 Å². The Bertz CT molecular complexity index is 1350. The van der Waals surface area contributed by atoms with Crippen LogP contribution in [0.15, 0.2) is 70.9 Å². The number of thiazole rings is 1. The average Bonchev–Trinajstić information content (AvgIpc) is 3.52. The lowest BCUT2D eigenvalue weighted by Crippen LogP contribution is -2.39. The molecule has 0 aliphatic carbocycles. The summed E-state index contributed by atoms with van der Waals surface area (Å²) in [5.74, 6) is 0.0515. The Kier molecular flexibility index (Phi) is 6.29. The summed E-state index contributed by atoms with van der Waals surface area (Å²) in [5.41, 5.74) is 1.38. The zero-order valence-electron chi connectivity index (χ0n) is 17.8. The van der Waals surface area contributed by atoms with Gasteiger partial charge in [0.1, 0.15) is 0 Å². The number of amides is 1. The average molecular weight is 498 g/mol. The molecule has 0 saturated carbocycles. The van der Waals surface area contributed by atoms with Crippen LogP contribution in [0.25, 0.3) is 10.2 Å². The Morgan fingerprint density at radius 1 is 1.12 bits per heavy atom. The molecule has 0 bridgehead atoms. The molecule has 1 aliphatic heterocycles. The van der Waals surface area contributed by atoms with E-state index < -0.39 is 10.0 Å². The molecule has 9 heteroatoms. The van der Waals surface area contributed by atoms with E-state index in [0.717, 1.165) is 32.9 Å². The summed E-state index contributed by atoms with van der Waals surface area (Å²) in [6.07, 6.45) is 1.89. The van der Waals surface area contributed by atoms with Crippen LogP contribution in [0.2, 0.25) is 0 Å². The largest absolute Gasteiger partial charge is 0.338 e. The molecular weight excluding hydrogens is 474 g/mol. The van der Waals surface area contributed by atoms with Gasteiger partial charge in [-0.2, -0.15) is 0 Å². The fourth-order valence-electron chi connectivity index (χ4n) is 4.07. The minimum atomic E-state index is -3.71. The molecule has 1 fully saturated rings. The summed E-state index contributed by atoms with van der Waals surface area (Å²) < 4.78 is 29.3. The van der Waals surface area contributed by atoms with Gasteiger partial charge in [-0.05, 0) is 54.6 Å². The first-order chi connectivity index (χ1) is 16.0. The minimum absolute atomic E-state index is 0.102. The number of aromatic nitrogens is 1. The number of likely N-dealkylation sites (tertiary alicyclic amines) is 1. The molecule has 1 N–H and O–H groups in total. The standard InChI is InChI=1S/C24H23N3O3S3/c28-24(17-6-3-9-20(14-17)33(29,30)25-15-19-8-5-13-31-19)27-12-4-7-18(16-27)23-26-21-10-1-2-11-22(21)32-23/h1-3,5-6,8-11,13-14,18,25H,4,7,12,15-16H2. The third-order valence-corrected chi connectivity index (χ3v) is 9.25. The number of nitrogens with zero attached hydrogens (tertiary/aromatic N) is 2. The summed E-state index contributed by atoms with van der Waals surface area (Å²) in [4.78, 5) is 20.9.